The molecule has 0 bridgehead atoms. The van der Waals surface area contributed by atoms with E-state index in [0.717, 1.165) is 6.54 Å². The van der Waals surface area contributed by atoms with E-state index >= 15 is 0 Å². The van der Waals surface area contributed by atoms with Crippen molar-refractivity contribution in [1.82, 2.24) is 9.88 Å². The molecule has 0 aliphatic heterocycles. The highest BCUT2D eigenvalue weighted by Gasteiger charge is 2.07. The molecule has 1 aromatic heterocycles. The summed E-state index contributed by atoms with van der Waals surface area (Å²) < 4.78 is 4.99. The predicted molar refractivity (Wildman–Crippen MR) is 55.9 cm³/mol. The van der Waals surface area contributed by atoms with Crippen LogP contribution in [0.15, 0.2) is 18.2 Å². The quantitative estimate of drug-likeness (QED) is 0.582. The Labute approximate surface area is 84.0 Å². The highest BCUT2D eigenvalue weighted by molar-refractivity contribution is 5.94. The van der Waals surface area contributed by atoms with Gasteiger partial charge in [0, 0.05) is 19.7 Å². The maximum atomic E-state index is 7.82. The van der Waals surface area contributed by atoms with E-state index < -0.39 is 0 Å². The summed E-state index contributed by atoms with van der Waals surface area (Å²) in [4.78, 5) is 5.99. The lowest BCUT2D eigenvalue weighted by molar-refractivity contribution is 0.397. The first-order valence-electron chi connectivity index (χ1n) is 4.50. The zero-order chi connectivity index (χ0) is 10.6. The predicted octanol–water partition coefficient (Wildman–Crippen LogP) is 1.37. The number of pyridine rings is 1. The lowest BCUT2D eigenvalue weighted by Crippen LogP contribution is -2.27. The van der Waals surface area contributed by atoms with Crippen LogP contribution in [0.25, 0.3) is 0 Å². The third-order valence-corrected chi connectivity index (χ3v) is 2.03. The molecule has 0 unspecified atom stereocenters. The molecular weight excluding hydrogens is 178 g/mol. The van der Waals surface area contributed by atoms with Gasteiger partial charge in [0.25, 0.3) is 0 Å². The normalized spacial score (nSPS) is 9.64. The van der Waals surface area contributed by atoms with Crippen molar-refractivity contribution in [3.05, 3.63) is 23.9 Å². The van der Waals surface area contributed by atoms with Crippen LogP contribution in [-0.4, -0.2) is 36.4 Å². The first-order valence-corrected chi connectivity index (χ1v) is 4.50. The second-order valence-corrected chi connectivity index (χ2v) is 2.93. The molecule has 0 saturated heterocycles. The summed E-state index contributed by atoms with van der Waals surface area (Å²) in [5, 5.41) is 7.82. The molecule has 0 atom stereocenters. The van der Waals surface area contributed by atoms with Crippen LogP contribution in [0.2, 0.25) is 0 Å². The van der Waals surface area contributed by atoms with Gasteiger partial charge in [-0.1, -0.05) is 6.07 Å². The maximum Gasteiger partial charge on any atom is 0.213 e. The van der Waals surface area contributed by atoms with Crippen molar-refractivity contribution in [3.8, 4) is 5.88 Å². The smallest absolute Gasteiger partial charge is 0.213 e. The van der Waals surface area contributed by atoms with Gasteiger partial charge in [0.15, 0.2) is 0 Å². The number of methoxy groups -OCH3 is 1. The van der Waals surface area contributed by atoms with Crippen LogP contribution in [-0.2, 0) is 0 Å². The summed E-state index contributed by atoms with van der Waals surface area (Å²) in [6.45, 7) is 2.78. The third kappa shape index (κ3) is 2.22. The van der Waals surface area contributed by atoms with Crippen LogP contribution in [0.1, 0.15) is 12.6 Å². The Kier molecular flexibility index (Phi) is 3.45. The maximum absolute atomic E-state index is 7.82. The van der Waals surface area contributed by atoms with Crippen LogP contribution in [0.3, 0.4) is 0 Å². The average molecular weight is 193 g/mol. The van der Waals surface area contributed by atoms with Crippen molar-refractivity contribution < 1.29 is 4.74 Å². The second kappa shape index (κ2) is 4.60. The fraction of sp³-hybridized carbons (Fsp3) is 0.400. The van der Waals surface area contributed by atoms with Gasteiger partial charge in [0.1, 0.15) is 11.5 Å². The molecule has 1 N–H and O–H groups in total. The Balaban J connectivity index is 2.90. The van der Waals surface area contributed by atoms with Gasteiger partial charge in [-0.2, -0.15) is 0 Å². The van der Waals surface area contributed by atoms with Gasteiger partial charge in [-0.3, -0.25) is 5.41 Å². The number of nitrogens with one attached hydrogen (secondary N) is 1. The number of aromatic nitrogens is 1. The molecule has 1 rings (SSSR count). The van der Waals surface area contributed by atoms with E-state index in [9.17, 15) is 0 Å². The fourth-order valence-electron chi connectivity index (χ4n) is 1.01. The van der Waals surface area contributed by atoms with Crippen molar-refractivity contribution in [2.75, 3.05) is 20.7 Å². The Morgan fingerprint density at radius 3 is 2.86 bits per heavy atom. The number of nitrogens with zero attached hydrogens (tertiary/aromatic N) is 2. The molecule has 0 aliphatic rings. The Hall–Kier alpha value is -1.58. The molecule has 0 radical (unpaired) electrons. The van der Waals surface area contributed by atoms with Crippen molar-refractivity contribution in [2.45, 2.75) is 6.92 Å². The van der Waals surface area contributed by atoms with Crippen LogP contribution in [0.4, 0.5) is 0 Å². The molecule has 0 spiro atoms. The minimum Gasteiger partial charge on any atom is -0.481 e. The Morgan fingerprint density at radius 1 is 1.57 bits per heavy atom. The minimum absolute atomic E-state index is 0.409. The molecule has 14 heavy (non-hydrogen) atoms. The summed E-state index contributed by atoms with van der Waals surface area (Å²) >= 11 is 0. The molecule has 0 aromatic carbocycles. The Bertz CT molecular complexity index is 325. The minimum atomic E-state index is 0.409. The zero-order valence-electron chi connectivity index (χ0n) is 8.74. The molecule has 1 heterocycles. The zero-order valence-corrected chi connectivity index (χ0v) is 8.74. The Morgan fingerprint density at radius 2 is 2.29 bits per heavy atom. The van der Waals surface area contributed by atoms with Gasteiger partial charge in [-0.05, 0) is 13.0 Å². The van der Waals surface area contributed by atoms with Crippen molar-refractivity contribution in [3.63, 3.8) is 0 Å². The summed E-state index contributed by atoms with van der Waals surface area (Å²) in [6, 6.07) is 5.40. The summed E-state index contributed by atoms with van der Waals surface area (Å²) in [5.74, 6) is 0.947. The average Bonchev–Trinajstić information content (AvgIpc) is 2.27. The van der Waals surface area contributed by atoms with Crippen molar-refractivity contribution >= 4 is 5.84 Å². The van der Waals surface area contributed by atoms with Gasteiger partial charge < -0.3 is 9.64 Å². The molecule has 0 amide bonds. The van der Waals surface area contributed by atoms with Crippen molar-refractivity contribution in [1.29, 1.82) is 5.41 Å². The van der Waals surface area contributed by atoms with Crippen LogP contribution in [0, 0.1) is 5.41 Å². The molecule has 4 heteroatoms. The molecule has 0 aliphatic carbocycles. The van der Waals surface area contributed by atoms with E-state index in [1.807, 2.05) is 24.9 Å². The number of hydrogen-bond donors (Lipinski definition) is 1. The summed E-state index contributed by atoms with van der Waals surface area (Å²) in [5.41, 5.74) is 0.633. The molecular formula is C10H15N3O. The van der Waals surface area contributed by atoms with Gasteiger partial charge in [0.2, 0.25) is 5.88 Å². The second-order valence-electron chi connectivity index (χ2n) is 2.93. The first kappa shape index (κ1) is 10.5. The molecule has 0 saturated carbocycles. The fourth-order valence-corrected chi connectivity index (χ4v) is 1.01. The van der Waals surface area contributed by atoms with Crippen LogP contribution < -0.4 is 4.74 Å². The van der Waals surface area contributed by atoms with E-state index in [-0.39, 0.29) is 0 Å². The van der Waals surface area contributed by atoms with Gasteiger partial charge in [-0.25, -0.2) is 4.98 Å². The van der Waals surface area contributed by atoms with Crippen LogP contribution in [0.5, 0.6) is 5.88 Å². The SMILES string of the molecule is CCN(C)C(=N)c1cccc(OC)n1. The van der Waals surface area contributed by atoms with Gasteiger partial charge in [-0.15, -0.1) is 0 Å². The monoisotopic (exact) mass is 193 g/mol. The van der Waals surface area contributed by atoms with Gasteiger partial charge in [0.05, 0.1) is 7.11 Å². The molecule has 4 nitrogen and oxygen atoms in total. The van der Waals surface area contributed by atoms with E-state index in [1.165, 1.54) is 0 Å². The standard InChI is InChI=1S/C10H15N3O/c1-4-13(2)10(11)8-6-5-7-9(12-8)14-3/h5-7,11H,4H2,1-3H3. The summed E-state index contributed by atoms with van der Waals surface area (Å²) in [6.07, 6.45) is 0. The highest BCUT2D eigenvalue weighted by Crippen LogP contribution is 2.08. The highest BCUT2D eigenvalue weighted by atomic mass is 16.5. The molecule has 76 valence electrons. The van der Waals surface area contributed by atoms with Crippen molar-refractivity contribution in [2.24, 2.45) is 0 Å². The number of hydrogen-bond acceptors (Lipinski definition) is 3. The topological polar surface area (TPSA) is 49.2 Å². The number of amidine groups is 1. The van der Waals surface area contributed by atoms with E-state index in [2.05, 4.69) is 4.98 Å². The van der Waals surface area contributed by atoms with E-state index in [4.69, 9.17) is 10.1 Å². The summed E-state index contributed by atoms with van der Waals surface area (Å²) in [7, 11) is 3.43. The molecule has 0 fully saturated rings. The number of ether oxygens (including phenoxy) is 1. The first-order chi connectivity index (χ1) is 6.69. The lowest BCUT2D eigenvalue weighted by atomic mass is 10.3. The van der Waals surface area contributed by atoms with Crippen LogP contribution >= 0.6 is 0 Å². The number of rotatable bonds is 3. The lowest BCUT2D eigenvalue weighted by Gasteiger charge is -2.16. The molecule has 1 aromatic rings. The van der Waals surface area contributed by atoms with E-state index in [1.54, 1.807) is 19.2 Å². The van der Waals surface area contributed by atoms with E-state index in [0.29, 0.717) is 17.4 Å². The van der Waals surface area contributed by atoms with Gasteiger partial charge >= 0.3 is 0 Å². The largest absolute Gasteiger partial charge is 0.481 e. The third-order valence-electron chi connectivity index (χ3n) is 2.03.